The predicted molar refractivity (Wildman–Crippen MR) is 140 cm³/mol. The van der Waals surface area contributed by atoms with Crippen LogP contribution in [0, 0.1) is 17.8 Å². The summed E-state index contributed by atoms with van der Waals surface area (Å²) in [5, 5.41) is 14.4. The van der Waals surface area contributed by atoms with Crippen LogP contribution in [0.25, 0.3) is 0 Å². The molecule has 0 radical (unpaired) electrons. The van der Waals surface area contributed by atoms with Crippen LogP contribution in [-0.2, 0) is 9.59 Å². The number of anilines is 1. The summed E-state index contributed by atoms with van der Waals surface area (Å²) in [6, 6.07) is 13.2. The minimum Gasteiger partial charge on any atom is -0.388 e. The molecule has 0 unspecified atom stereocenters. The van der Waals surface area contributed by atoms with Gasteiger partial charge in [0.15, 0.2) is 5.78 Å². The molecule has 190 valence electrons. The van der Waals surface area contributed by atoms with Gasteiger partial charge in [0.1, 0.15) is 12.6 Å². The zero-order valence-corrected chi connectivity index (χ0v) is 20.6. The van der Waals surface area contributed by atoms with Crippen molar-refractivity contribution in [3.63, 3.8) is 0 Å². The fourth-order valence-electron chi connectivity index (χ4n) is 4.36. The van der Waals surface area contributed by atoms with Crippen molar-refractivity contribution < 1.29 is 19.5 Å². The first-order valence-corrected chi connectivity index (χ1v) is 12.6. The Morgan fingerprint density at radius 2 is 1.56 bits per heavy atom. The van der Waals surface area contributed by atoms with Gasteiger partial charge in [-0.1, -0.05) is 43.9 Å². The second kappa shape index (κ2) is 14.2. The predicted octanol–water partition coefficient (Wildman–Crippen LogP) is 3.39. The van der Waals surface area contributed by atoms with Crippen molar-refractivity contribution in [2.75, 3.05) is 18.5 Å². The molecule has 3 rings (SSSR count). The van der Waals surface area contributed by atoms with Crippen molar-refractivity contribution in [3.05, 3.63) is 65.2 Å². The molecule has 7 heteroatoms. The lowest BCUT2D eigenvalue weighted by Crippen LogP contribution is -2.46. The van der Waals surface area contributed by atoms with Crippen molar-refractivity contribution in [1.29, 1.82) is 0 Å². The zero-order chi connectivity index (χ0) is 25.8. The van der Waals surface area contributed by atoms with Gasteiger partial charge in [0, 0.05) is 35.3 Å². The molecule has 1 fully saturated rings. The first kappa shape index (κ1) is 27.1. The normalized spacial score (nSPS) is 14.3. The van der Waals surface area contributed by atoms with E-state index in [4.69, 9.17) is 10.8 Å². The third kappa shape index (κ3) is 8.63. The number of aliphatic hydroxyl groups is 1. The van der Waals surface area contributed by atoms with E-state index in [-0.39, 0.29) is 12.5 Å². The molecular formula is C29H35N3O4. The number of nitrogens with two attached hydrogens (primary N) is 1. The number of aliphatic hydroxyl groups excluding tert-OH is 1. The fourth-order valence-corrected chi connectivity index (χ4v) is 4.36. The van der Waals surface area contributed by atoms with Crippen LogP contribution in [0.1, 0.15) is 72.9 Å². The Labute approximate surface area is 212 Å². The summed E-state index contributed by atoms with van der Waals surface area (Å²) in [4.78, 5) is 36.1. The Kier molecular flexibility index (Phi) is 10.7. The lowest BCUT2D eigenvalue weighted by atomic mass is 9.86. The summed E-state index contributed by atoms with van der Waals surface area (Å²) < 4.78 is 0. The summed E-state index contributed by atoms with van der Waals surface area (Å²) in [7, 11) is 0. The van der Waals surface area contributed by atoms with E-state index in [0.29, 0.717) is 12.0 Å². The van der Waals surface area contributed by atoms with Crippen molar-refractivity contribution in [2.24, 2.45) is 11.7 Å². The topological polar surface area (TPSA) is 122 Å². The average molecular weight is 490 g/mol. The van der Waals surface area contributed by atoms with Crippen LogP contribution in [0.2, 0.25) is 0 Å². The monoisotopic (exact) mass is 489 g/mol. The Hall–Kier alpha value is -3.47. The molecule has 1 atom stereocenters. The number of hydrogen-bond acceptors (Lipinski definition) is 5. The summed E-state index contributed by atoms with van der Waals surface area (Å²) in [5.41, 5.74) is 8.14. The highest BCUT2D eigenvalue weighted by Crippen LogP contribution is 2.27. The van der Waals surface area contributed by atoms with Gasteiger partial charge in [-0.15, -0.1) is 0 Å². The van der Waals surface area contributed by atoms with Crippen molar-refractivity contribution in [1.82, 2.24) is 5.32 Å². The van der Waals surface area contributed by atoms with Gasteiger partial charge in [-0.25, -0.2) is 0 Å². The van der Waals surface area contributed by atoms with Crippen molar-refractivity contribution >= 4 is 23.3 Å². The molecule has 0 aromatic heterocycles. The largest absolute Gasteiger partial charge is 0.388 e. The summed E-state index contributed by atoms with van der Waals surface area (Å²) in [5.74, 6) is 5.99. The van der Waals surface area contributed by atoms with Gasteiger partial charge in [0.2, 0.25) is 5.91 Å². The minimum atomic E-state index is -0.920. The standard InChI is InChI=1S/C29H35N3O4/c30-19-26(27(34)20-33)32-29(36)24-15-11-22(12-16-24)9-10-23-13-17-25(18-14-23)31-28(35)8-4-7-21-5-2-1-3-6-21/h11-18,21,26,33H,1-8,19-20,30H2,(H,31,35)(H,32,36)/t26-/m0/s1. The van der Waals surface area contributed by atoms with Gasteiger partial charge in [-0.2, -0.15) is 0 Å². The highest BCUT2D eigenvalue weighted by atomic mass is 16.3. The maximum absolute atomic E-state index is 12.3. The highest BCUT2D eigenvalue weighted by Gasteiger charge is 2.19. The second-order valence-electron chi connectivity index (χ2n) is 9.24. The van der Waals surface area contributed by atoms with Crippen LogP contribution in [0.15, 0.2) is 48.5 Å². The Morgan fingerprint density at radius 1 is 0.944 bits per heavy atom. The van der Waals surface area contributed by atoms with Gasteiger partial charge in [-0.3, -0.25) is 14.4 Å². The summed E-state index contributed by atoms with van der Waals surface area (Å²) in [6.07, 6.45) is 9.28. The minimum absolute atomic E-state index is 0.0484. The van der Waals surface area contributed by atoms with E-state index < -0.39 is 24.3 Å². The molecule has 36 heavy (non-hydrogen) atoms. The molecule has 0 heterocycles. The second-order valence-corrected chi connectivity index (χ2v) is 9.24. The number of amides is 2. The molecule has 0 saturated heterocycles. The van der Waals surface area contributed by atoms with E-state index >= 15 is 0 Å². The number of rotatable bonds is 10. The fraction of sp³-hybridized carbons (Fsp3) is 0.414. The first-order valence-electron chi connectivity index (χ1n) is 12.6. The number of nitrogens with one attached hydrogen (secondary N) is 2. The first-order chi connectivity index (χ1) is 17.5. The van der Waals surface area contributed by atoms with Crippen LogP contribution in [0.5, 0.6) is 0 Å². The van der Waals surface area contributed by atoms with Gasteiger partial charge in [0.25, 0.3) is 5.91 Å². The van der Waals surface area contributed by atoms with Crippen LogP contribution >= 0.6 is 0 Å². The Balaban J connectivity index is 1.47. The van der Waals surface area contributed by atoms with Gasteiger partial charge in [-0.05, 0) is 67.3 Å². The molecule has 0 bridgehead atoms. The van der Waals surface area contributed by atoms with Crippen molar-refractivity contribution in [3.8, 4) is 11.8 Å². The van der Waals surface area contributed by atoms with E-state index in [0.717, 1.165) is 35.6 Å². The van der Waals surface area contributed by atoms with E-state index in [2.05, 4.69) is 22.5 Å². The van der Waals surface area contributed by atoms with Gasteiger partial charge < -0.3 is 21.5 Å². The van der Waals surface area contributed by atoms with E-state index in [1.54, 1.807) is 24.3 Å². The molecule has 2 aromatic carbocycles. The van der Waals surface area contributed by atoms with Crippen LogP contribution in [0.4, 0.5) is 5.69 Å². The molecule has 1 aliphatic rings. The van der Waals surface area contributed by atoms with Crippen LogP contribution in [-0.4, -0.2) is 41.9 Å². The molecule has 7 nitrogen and oxygen atoms in total. The molecular weight excluding hydrogens is 454 g/mol. The SMILES string of the molecule is NC[C@H](NC(=O)c1ccc(C#Cc2ccc(NC(=O)CCCC3CCCCC3)cc2)cc1)C(=O)CO. The third-order valence-electron chi connectivity index (χ3n) is 6.49. The lowest BCUT2D eigenvalue weighted by Gasteiger charge is -2.21. The lowest BCUT2D eigenvalue weighted by molar-refractivity contribution is -0.123. The van der Waals surface area contributed by atoms with E-state index in [1.165, 1.54) is 32.1 Å². The quantitative estimate of drug-likeness (QED) is 0.381. The summed E-state index contributed by atoms with van der Waals surface area (Å²) in [6.45, 7) is -0.762. The number of hydrogen-bond donors (Lipinski definition) is 4. The molecule has 1 saturated carbocycles. The molecule has 1 aliphatic carbocycles. The number of Topliss-reactive ketones (excluding diaryl/α,β-unsaturated/α-hetero) is 1. The number of ketones is 1. The maximum atomic E-state index is 12.3. The molecule has 2 aromatic rings. The number of carbonyl (C=O) groups excluding carboxylic acids is 3. The van der Waals surface area contributed by atoms with E-state index in [1.807, 2.05) is 24.3 Å². The average Bonchev–Trinajstić information content (AvgIpc) is 2.91. The van der Waals surface area contributed by atoms with E-state index in [9.17, 15) is 14.4 Å². The highest BCUT2D eigenvalue weighted by molar-refractivity contribution is 5.98. The molecule has 2 amide bonds. The smallest absolute Gasteiger partial charge is 0.251 e. The third-order valence-corrected chi connectivity index (χ3v) is 6.49. The molecule has 0 spiro atoms. The Morgan fingerprint density at radius 3 is 2.14 bits per heavy atom. The van der Waals surface area contributed by atoms with Gasteiger partial charge >= 0.3 is 0 Å². The molecule has 5 N–H and O–H groups in total. The Bertz CT molecular complexity index is 1080. The summed E-state index contributed by atoms with van der Waals surface area (Å²) >= 11 is 0. The molecule has 0 aliphatic heterocycles. The van der Waals surface area contributed by atoms with Crippen LogP contribution < -0.4 is 16.4 Å². The number of carbonyl (C=O) groups is 3. The van der Waals surface area contributed by atoms with Crippen molar-refractivity contribution in [2.45, 2.75) is 57.4 Å². The maximum Gasteiger partial charge on any atom is 0.251 e. The zero-order valence-electron chi connectivity index (χ0n) is 20.6. The van der Waals surface area contributed by atoms with Gasteiger partial charge in [0.05, 0.1) is 0 Å². The number of benzene rings is 2. The van der Waals surface area contributed by atoms with Crippen LogP contribution in [0.3, 0.4) is 0 Å².